The predicted molar refractivity (Wildman–Crippen MR) is 88.5 cm³/mol. The number of benzene rings is 1. The molecule has 106 valence electrons. The third-order valence-corrected chi connectivity index (χ3v) is 4.70. The molecule has 0 amide bonds. The van der Waals surface area contributed by atoms with Gasteiger partial charge in [0.25, 0.3) is 0 Å². The predicted octanol–water partition coefficient (Wildman–Crippen LogP) is 5.45. The van der Waals surface area contributed by atoms with Gasteiger partial charge in [-0.05, 0) is 56.0 Å². The number of methoxy groups -OCH3 is 1. The topological polar surface area (TPSA) is 35.0 Å². The van der Waals surface area contributed by atoms with Crippen molar-refractivity contribution in [3.8, 4) is 17.1 Å². The highest BCUT2D eigenvalue weighted by molar-refractivity contribution is 9.11. The van der Waals surface area contributed by atoms with Crippen molar-refractivity contribution in [1.82, 2.24) is 9.97 Å². The van der Waals surface area contributed by atoms with E-state index in [1.807, 2.05) is 18.2 Å². The smallest absolute Gasteiger partial charge is 0.161 e. The maximum atomic E-state index is 6.18. The monoisotopic (exact) mass is 418 g/mol. The second kappa shape index (κ2) is 6.41. The molecule has 2 rings (SSSR count). The highest BCUT2D eigenvalue weighted by Crippen LogP contribution is 2.33. The molecule has 0 spiro atoms. The first kappa shape index (κ1) is 15.7. The second-order valence-electron chi connectivity index (χ2n) is 4.54. The van der Waals surface area contributed by atoms with Gasteiger partial charge in [-0.1, -0.05) is 25.4 Å². The van der Waals surface area contributed by atoms with Gasteiger partial charge >= 0.3 is 0 Å². The Balaban J connectivity index is 2.55. The Kier molecular flexibility index (Phi) is 5.04. The fourth-order valence-corrected chi connectivity index (χ4v) is 3.11. The summed E-state index contributed by atoms with van der Waals surface area (Å²) in [6.07, 6.45) is 0. The molecule has 0 aliphatic heterocycles. The summed E-state index contributed by atoms with van der Waals surface area (Å²) in [7, 11) is 1.63. The van der Waals surface area contributed by atoms with Crippen LogP contribution in [0, 0.1) is 0 Å². The van der Waals surface area contributed by atoms with Crippen molar-refractivity contribution in [2.75, 3.05) is 7.11 Å². The molecule has 0 saturated heterocycles. The molecule has 0 N–H and O–H groups in total. The Morgan fingerprint density at radius 3 is 2.45 bits per heavy atom. The molecule has 2 aromatic rings. The van der Waals surface area contributed by atoms with Crippen LogP contribution in [0.4, 0.5) is 0 Å². The summed E-state index contributed by atoms with van der Waals surface area (Å²) < 4.78 is 6.83. The van der Waals surface area contributed by atoms with E-state index in [1.165, 1.54) is 0 Å². The fraction of sp³-hybridized carbons (Fsp3) is 0.286. The van der Waals surface area contributed by atoms with Crippen molar-refractivity contribution in [3.63, 3.8) is 0 Å². The molecule has 1 aromatic heterocycles. The van der Waals surface area contributed by atoms with Crippen LogP contribution >= 0.6 is 43.5 Å². The van der Waals surface area contributed by atoms with E-state index in [2.05, 4.69) is 55.7 Å². The first-order valence-electron chi connectivity index (χ1n) is 6.01. The quantitative estimate of drug-likeness (QED) is 0.619. The highest BCUT2D eigenvalue weighted by atomic mass is 79.9. The van der Waals surface area contributed by atoms with Crippen molar-refractivity contribution < 1.29 is 4.74 Å². The average Bonchev–Trinajstić information content (AvgIpc) is 2.41. The number of ether oxygens (including phenoxy) is 1. The van der Waals surface area contributed by atoms with Crippen LogP contribution < -0.4 is 4.74 Å². The Hall–Kier alpha value is -0.650. The van der Waals surface area contributed by atoms with E-state index >= 15 is 0 Å². The number of nitrogens with zero attached hydrogens (tertiary/aromatic N) is 2. The summed E-state index contributed by atoms with van der Waals surface area (Å²) in [4.78, 5) is 8.92. The molecule has 1 heterocycles. The fourth-order valence-electron chi connectivity index (χ4n) is 1.75. The van der Waals surface area contributed by atoms with Gasteiger partial charge in [0.2, 0.25) is 0 Å². The lowest BCUT2D eigenvalue weighted by molar-refractivity contribution is 0.412. The van der Waals surface area contributed by atoms with Crippen LogP contribution in [0.15, 0.2) is 27.1 Å². The molecular weight excluding hydrogens is 407 g/mol. The number of hydrogen-bond donors (Lipinski definition) is 0. The van der Waals surface area contributed by atoms with Crippen molar-refractivity contribution in [1.29, 1.82) is 0 Å². The van der Waals surface area contributed by atoms with Crippen LogP contribution in [-0.4, -0.2) is 17.1 Å². The number of rotatable bonds is 3. The number of halogens is 3. The van der Waals surface area contributed by atoms with E-state index in [9.17, 15) is 0 Å². The van der Waals surface area contributed by atoms with Gasteiger partial charge in [0.15, 0.2) is 5.82 Å². The molecular formula is C14H13Br2ClN2O. The largest absolute Gasteiger partial charge is 0.496 e. The minimum atomic E-state index is 0.255. The van der Waals surface area contributed by atoms with Gasteiger partial charge in [0.1, 0.15) is 10.9 Å². The molecule has 1 aromatic carbocycles. The lowest BCUT2D eigenvalue weighted by Crippen LogP contribution is -2.00. The molecule has 6 heteroatoms. The van der Waals surface area contributed by atoms with Crippen molar-refractivity contribution in [3.05, 3.63) is 38.0 Å². The SMILES string of the molecule is COc1ccc(-c2nc(Cl)c(Br)c(C(C)C)n2)cc1Br. The molecule has 0 atom stereocenters. The van der Waals surface area contributed by atoms with Crippen LogP contribution in [0.3, 0.4) is 0 Å². The molecule has 0 fully saturated rings. The maximum absolute atomic E-state index is 6.18. The minimum absolute atomic E-state index is 0.255. The highest BCUT2D eigenvalue weighted by Gasteiger charge is 2.15. The van der Waals surface area contributed by atoms with Gasteiger partial charge in [-0.25, -0.2) is 9.97 Å². The van der Waals surface area contributed by atoms with Crippen LogP contribution in [-0.2, 0) is 0 Å². The van der Waals surface area contributed by atoms with Crippen LogP contribution in [0.25, 0.3) is 11.4 Å². The molecule has 0 aliphatic carbocycles. The summed E-state index contributed by atoms with van der Waals surface area (Å²) in [5, 5.41) is 0.422. The van der Waals surface area contributed by atoms with Crippen molar-refractivity contribution >= 4 is 43.5 Å². The zero-order valence-electron chi connectivity index (χ0n) is 11.2. The second-order valence-corrected chi connectivity index (χ2v) is 6.55. The molecule has 0 radical (unpaired) electrons. The third-order valence-electron chi connectivity index (χ3n) is 2.79. The molecule has 0 aliphatic rings. The van der Waals surface area contributed by atoms with Gasteiger partial charge < -0.3 is 4.74 Å². The lowest BCUT2D eigenvalue weighted by atomic mass is 10.1. The number of aromatic nitrogens is 2. The summed E-state index contributed by atoms with van der Waals surface area (Å²) in [6.45, 7) is 4.13. The van der Waals surface area contributed by atoms with Gasteiger partial charge in [-0.2, -0.15) is 0 Å². The van der Waals surface area contributed by atoms with Crippen LogP contribution in [0.1, 0.15) is 25.5 Å². The van der Waals surface area contributed by atoms with E-state index in [1.54, 1.807) is 7.11 Å². The number of hydrogen-bond acceptors (Lipinski definition) is 3. The first-order valence-corrected chi connectivity index (χ1v) is 7.97. The lowest BCUT2D eigenvalue weighted by Gasteiger charge is -2.11. The summed E-state index contributed by atoms with van der Waals surface area (Å²) >= 11 is 13.1. The summed E-state index contributed by atoms with van der Waals surface area (Å²) in [6, 6.07) is 5.70. The molecule has 0 saturated carbocycles. The van der Waals surface area contributed by atoms with E-state index in [4.69, 9.17) is 16.3 Å². The molecule has 0 bridgehead atoms. The first-order chi connectivity index (χ1) is 9.43. The van der Waals surface area contributed by atoms with Crippen LogP contribution in [0.5, 0.6) is 5.75 Å². The van der Waals surface area contributed by atoms with Gasteiger partial charge in [-0.3, -0.25) is 0 Å². The summed E-state index contributed by atoms with van der Waals surface area (Å²) in [5.41, 5.74) is 1.78. The molecule has 0 unspecified atom stereocenters. The van der Waals surface area contributed by atoms with Crippen molar-refractivity contribution in [2.24, 2.45) is 0 Å². The molecule has 20 heavy (non-hydrogen) atoms. The Bertz CT molecular complexity index is 647. The third kappa shape index (κ3) is 3.15. The standard InChI is InChI=1S/C14H13Br2ClN2O/c1-7(2)12-11(16)13(17)19-14(18-12)8-4-5-10(20-3)9(15)6-8/h4-7H,1-3H3. The zero-order valence-corrected chi connectivity index (χ0v) is 15.2. The van der Waals surface area contributed by atoms with Crippen molar-refractivity contribution in [2.45, 2.75) is 19.8 Å². The van der Waals surface area contributed by atoms with Gasteiger partial charge in [-0.15, -0.1) is 0 Å². The van der Waals surface area contributed by atoms with Gasteiger partial charge in [0, 0.05) is 5.56 Å². The van der Waals surface area contributed by atoms with E-state index in [0.29, 0.717) is 11.0 Å². The average molecular weight is 421 g/mol. The van der Waals surface area contributed by atoms with E-state index in [-0.39, 0.29) is 5.92 Å². The molecule has 3 nitrogen and oxygen atoms in total. The Morgan fingerprint density at radius 1 is 1.20 bits per heavy atom. The normalized spacial score (nSPS) is 10.9. The van der Waals surface area contributed by atoms with E-state index < -0.39 is 0 Å². The van der Waals surface area contributed by atoms with E-state index in [0.717, 1.165) is 26.0 Å². The maximum Gasteiger partial charge on any atom is 0.161 e. The minimum Gasteiger partial charge on any atom is -0.496 e. The zero-order chi connectivity index (χ0) is 14.9. The van der Waals surface area contributed by atoms with Crippen LogP contribution in [0.2, 0.25) is 5.15 Å². The Morgan fingerprint density at radius 2 is 1.90 bits per heavy atom. The Labute approximate surface area is 140 Å². The summed E-state index contributed by atoms with van der Waals surface area (Å²) in [5.74, 6) is 1.62. The van der Waals surface area contributed by atoms with Gasteiger partial charge in [0.05, 0.1) is 21.7 Å².